The van der Waals surface area contributed by atoms with E-state index in [4.69, 9.17) is 4.52 Å². The van der Waals surface area contributed by atoms with E-state index in [9.17, 15) is 0 Å². The number of imidazole rings is 1. The van der Waals surface area contributed by atoms with Crippen molar-refractivity contribution in [3.8, 4) is 0 Å². The average Bonchev–Trinajstić information content (AvgIpc) is 3.10. The average molecular weight is 334 g/mol. The number of anilines is 1. The molecule has 0 fully saturated rings. The van der Waals surface area contributed by atoms with Gasteiger partial charge in [-0.3, -0.25) is 0 Å². The van der Waals surface area contributed by atoms with Crippen molar-refractivity contribution >= 4 is 21.4 Å². The summed E-state index contributed by atoms with van der Waals surface area (Å²) < 4.78 is 7.06. The minimum absolute atomic E-state index is 0.0348. The van der Waals surface area contributed by atoms with Gasteiger partial charge < -0.3 is 9.84 Å². The highest BCUT2D eigenvalue weighted by molar-refractivity contribution is 7.20. The molecular formula is C15H22N6OS. The highest BCUT2D eigenvalue weighted by atomic mass is 32.1. The van der Waals surface area contributed by atoms with Gasteiger partial charge in [-0.25, -0.2) is 9.50 Å². The molecule has 1 N–H and O–H groups in total. The zero-order chi connectivity index (χ0) is 16.6. The van der Waals surface area contributed by atoms with E-state index in [0.717, 1.165) is 21.6 Å². The number of hydrogen-bond acceptors (Lipinski definition) is 7. The van der Waals surface area contributed by atoms with Crippen molar-refractivity contribution in [2.75, 3.05) is 11.9 Å². The van der Waals surface area contributed by atoms with Crippen LogP contribution >= 0.6 is 11.3 Å². The number of hydrogen-bond donors (Lipinski definition) is 1. The summed E-state index contributed by atoms with van der Waals surface area (Å²) in [5.41, 5.74) is 1.09. The summed E-state index contributed by atoms with van der Waals surface area (Å²) in [4.78, 5) is 9.89. The first-order valence-corrected chi connectivity index (χ1v) is 8.57. The van der Waals surface area contributed by atoms with Crippen LogP contribution in [0.3, 0.4) is 0 Å². The first kappa shape index (κ1) is 15.9. The van der Waals surface area contributed by atoms with Gasteiger partial charge in [0.25, 0.3) is 0 Å². The van der Waals surface area contributed by atoms with Crippen LogP contribution in [0.1, 0.15) is 57.9 Å². The molecule has 7 nitrogen and oxygen atoms in total. The van der Waals surface area contributed by atoms with Crippen LogP contribution < -0.4 is 5.32 Å². The first-order valence-electron chi connectivity index (χ1n) is 7.76. The molecule has 0 unspecified atom stereocenters. The number of rotatable bonds is 5. The zero-order valence-corrected chi connectivity index (χ0v) is 14.9. The quantitative estimate of drug-likeness (QED) is 0.771. The van der Waals surface area contributed by atoms with E-state index < -0.39 is 0 Å². The van der Waals surface area contributed by atoms with Crippen LogP contribution in [0.2, 0.25) is 0 Å². The third-order valence-electron chi connectivity index (χ3n) is 3.43. The second-order valence-corrected chi connectivity index (χ2v) is 7.84. The fourth-order valence-electron chi connectivity index (χ4n) is 2.01. The largest absolute Gasteiger partial charge is 0.360 e. The van der Waals surface area contributed by atoms with Crippen molar-refractivity contribution in [2.24, 2.45) is 0 Å². The standard InChI is InChI=1S/C15H22N6OS/c1-9(2)12-18-11(22-20-12)6-7-16-13-19-21-8-10(15(3,4)5)17-14(21)23-13/h8-9H,6-7H2,1-5H3,(H,16,19). The van der Waals surface area contributed by atoms with Gasteiger partial charge in [-0.05, 0) is 0 Å². The molecule has 0 aromatic carbocycles. The molecule has 0 atom stereocenters. The van der Waals surface area contributed by atoms with E-state index in [1.807, 2.05) is 24.6 Å². The molecule has 124 valence electrons. The minimum atomic E-state index is 0.0348. The molecule has 0 radical (unpaired) electrons. The third-order valence-corrected chi connectivity index (χ3v) is 4.31. The van der Waals surface area contributed by atoms with Crippen LogP contribution in [0, 0.1) is 0 Å². The number of fused-ring (bicyclic) bond motifs is 1. The van der Waals surface area contributed by atoms with Crippen molar-refractivity contribution in [3.63, 3.8) is 0 Å². The van der Waals surface area contributed by atoms with E-state index in [0.29, 0.717) is 18.9 Å². The van der Waals surface area contributed by atoms with Gasteiger partial charge in [0.15, 0.2) is 5.82 Å². The molecule has 3 rings (SSSR count). The number of nitrogens with zero attached hydrogens (tertiary/aromatic N) is 5. The Kier molecular flexibility index (Phi) is 4.09. The summed E-state index contributed by atoms with van der Waals surface area (Å²) >= 11 is 1.54. The summed E-state index contributed by atoms with van der Waals surface area (Å²) in [6.07, 6.45) is 2.67. The Morgan fingerprint density at radius 3 is 2.70 bits per heavy atom. The smallest absolute Gasteiger partial charge is 0.228 e. The van der Waals surface area contributed by atoms with Gasteiger partial charge in [-0.15, -0.1) is 5.10 Å². The molecule has 8 heteroatoms. The molecule has 0 aliphatic rings. The van der Waals surface area contributed by atoms with Crippen LogP contribution in [0.15, 0.2) is 10.7 Å². The summed E-state index contributed by atoms with van der Waals surface area (Å²) in [5, 5.41) is 12.6. The highest BCUT2D eigenvalue weighted by Crippen LogP contribution is 2.25. The Balaban J connectivity index is 1.60. The summed E-state index contributed by atoms with van der Waals surface area (Å²) in [5.74, 6) is 1.68. The molecule has 0 saturated heterocycles. The lowest BCUT2D eigenvalue weighted by atomic mass is 9.93. The molecule has 0 aliphatic carbocycles. The normalized spacial score (nSPS) is 12.4. The van der Waals surface area contributed by atoms with Crippen LogP contribution in [0.5, 0.6) is 0 Å². The Labute approximate surface area is 139 Å². The second-order valence-electron chi connectivity index (χ2n) is 6.89. The summed E-state index contributed by atoms with van der Waals surface area (Å²) in [6.45, 7) is 11.2. The van der Waals surface area contributed by atoms with Crippen LogP contribution in [0.25, 0.3) is 4.96 Å². The Hall–Kier alpha value is -1.96. The van der Waals surface area contributed by atoms with Crippen molar-refractivity contribution in [2.45, 2.75) is 52.4 Å². The minimum Gasteiger partial charge on any atom is -0.360 e. The van der Waals surface area contributed by atoms with Gasteiger partial charge in [-0.2, -0.15) is 4.98 Å². The van der Waals surface area contributed by atoms with Gasteiger partial charge in [0, 0.05) is 24.3 Å². The first-order chi connectivity index (χ1) is 10.8. The monoisotopic (exact) mass is 334 g/mol. The van der Waals surface area contributed by atoms with E-state index in [-0.39, 0.29) is 11.3 Å². The fraction of sp³-hybridized carbons (Fsp3) is 0.600. The van der Waals surface area contributed by atoms with Crippen molar-refractivity contribution < 1.29 is 4.52 Å². The SMILES string of the molecule is CC(C)c1noc(CCNc2nn3cc(C(C)(C)C)nc3s2)n1. The molecular weight excluding hydrogens is 312 g/mol. The maximum absolute atomic E-state index is 5.23. The van der Waals surface area contributed by atoms with Crippen molar-refractivity contribution in [1.29, 1.82) is 0 Å². The number of aromatic nitrogens is 5. The lowest BCUT2D eigenvalue weighted by molar-refractivity contribution is 0.373. The maximum atomic E-state index is 5.23. The van der Waals surface area contributed by atoms with Gasteiger partial charge in [0.2, 0.25) is 16.0 Å². The second kappa shape index (κ2) is 5.92. The topological polar surface area (TPSA) is 81.1 Å². The lowest BCUT2D eigenvalue weighted by Crippen LogP contribution is -2.11. The molecule has 0 saturated carbocycles. The van der Waals surface area contributed by atoms with Crippen LogP contribution in [0.4, 0.5) is 5.13 Å². The maximum Gasteiger partial charge on any atom is 0.228 e. The highest BCUT2D eigenvalue weighted by Gasteiger charge is 2.19. The molecule has 23 heavy (non-hydrogen) atoms. The van der Waals surface area contributed by atoms with Crippen LogP contribution in [-0.2, 0) is 11.8 Å². The summed E-state index contributed by atoms with van der Waals surface area (Å²) in [6, 6.07) is 0. The molecule has 3 aromatic heterocycles. The van der Waals surface area contributed by atoms with Crippen molar-refractivity contribution in [1.82, 2.24) is 24.7 Å². The predicted molar refractivity (Wildman–Crippen MR) is 90.1 cm³/mol. The molecule has 3 aromatic rings. The zero-order valence-electron chi connectivity index (χ0n) is 14.1. The molecule has 3 heterocycles. The Morgan fingerprint density at radius 2 is 2.09 bits per heavy atom. The third kappa shape index (κ3) is 3.52. The van der Waals surface area contributed by atoms with E-state index in [1.165, 1.54) is 0 Å². The molecule has 0 spiro atoms. The van der Waals surface area contributed by atoms with Gasteiger partial charge in [0.05, 0.1) is 11.9 Å². The molecule has 0 bridgehead atoms. The van der Waals surface area contributed by atoms with E-state index in [2.05, 4.69) is 46.3 Å². The van der Waals surface area contributed by atoms with Crippen LogP contribution in [-0.4, -0.2) is 31.3 Å². The molecule has 0 amide bonds. The number of nitrogens with one attached hydrogen (secondary N) is 1. The molecule has 0 aliphatic heterocycles. The van der Waals surface area contributed by atoms with Gasteiger partial charge in [0.1, 0.15) is 0 Å². The predicted octanol–water partition coefficient (Wildman–Crippen LogP) is 3.25. The van der Waals surface area contributed by atoms with E-state index >= 15 is 0 Å². The van der Waals surface area contributed by atoms with Gasteiger partial charge in [-0.1, -0.05) is 51.1 Å². The Morgan fingerprint density at radius 1 is 1.30 bits per heavy atom. The fourth-order valence-corrected chi connectivity index (χ4v) is 2.82. The Bertz CT molecular complexity index is 763. The van der Waals surface area contributed by atoms with Crippen molar-refractivity contribution in [3.05, 3.63) is 23.6 Å². The van der Waals surface area contributed by atoms with Gasteiger partial charge >= 0.3 is 0 Å². The lowest BCUT2D eigenvalue weighted by Gasteiger charge is -2.13. The summed E-state index contributed by atoms with van der Waals surface area (Å²) in [7, 11) is 0. The van der Waals surface area contributed by atoms with E-state index in [1.54, 1.807) is 11.3 Å².